The number of carbonyl (C=O) groups excluding carboxylic acids is 1. The molecule has 0 saturated carbocycles. The summed E-state index contributed by atoms with van der Waals surface area (Å²) >= 11 is 2.44. The fourth-order valence-electron chi connectivity index (χ4n) is 1.55. The molecule has 0 radical (unpaired) electrons. The van der Waals surface area contributed by atoms with Crippen LogP contribution in [0, 0.1) is 5.92 Å². The summed E-state index contributed by atoms with van der Waals surface area (Å²) in [6, 6.07) is 7.61. The van der Waals surface area contributed by atoms with E-state index in [1.54, 1.807) is 7.05 Å². The van der Waals surface area contributed by atoms with E-state index in [1.807, 2.05) is 42.7 Å². The van der Waals surface area contributed by atoms with E-state index in [0.29, 0.717) is 5.75 Å². The molecule has 0 bridgehead atoms. The summed E-state index contributed by atoms with van der Waals surface area (Å²) in [4.78, 5) is 17.1. The third-order valence-electron chi connectivity index (χ3n) is 2.72. The summed E-state index contributed by atoms with van der Waals surface area (Å²) in [5.41, 5.74) is 0.942. The van der Waals surface area contributed by atoms with E-state index in [4.69, 9.17) is 9.57 Å². The molecule has 19 heavy (non-hydrogen) atoms. The van der Waals surface area contributed by atoms with Gasteiger partial charge in [0.25, 0.3) is 0 Å². The van der Waals surface area contributed by atoms with Crippen LogP contribution in [0.15, 0.2) is 24.3 Å². The second kappa shape index (κ2) is 7.51. The molecule has 106 valence electrons. The van der Waals surface area contributed by atoms with Crippen molar-refractivity contribution >= 4 is 10.5 Å². The van der Waals surface area contributed by atoms with Gasteiger partial charge < -0.3 is 0 Å². The molecule has 1 aromatic carbocycles. The van der Waals surface area contributed by atoms with Gasteiger partial charge in [-0.15, -0.1) is 0 Å². The summed E-state index contributed by atoms with van der Waals surface area (Å²) in [6.07, 6.45) is -0.572. The number of benzene rings is 1. The van der Waals surface area contributed by atoms with Gasteiger partial charge in [0.2, 0.25) is 0 Å². The molecule has 0 saturated heterocycles. The van der Waals surface area contributed by atoms with Gasteiger partial charge in [-0.25, -0.2) is 0 Å². The molecule has 0 aliphatic rings. The molecule has 0 aliphatic carbocycles. The fourth-order valence-corrected chi connectivity index (χ4v) is 1.96. The molecule has 5 heteroatoms. The molecular formula is C14H19NO3Ru. The van der Waals surface area contributed by atoms with E-state index in [1.165, 1.54) is 12.2 Å². The van der Waals surface area contributed by atoms with Crippen molar-refractivity contribution in [3.05, 3.63) is 29.8 Å². The summed E-state index contributed by atoms with van der Waals surface area (Å²) in [5, 5.41) is 1.19. The first-order chi connectivity index (χ1) is 9.01. The second-order valence-electron chi connectivity index (χ2n) is 4.44. The molecular weight excluding hydrogens is 331 g/mol. The molecule has 1 unspecified atom stereocenters. The van der Waals surface area contributed by atoms with Gasteiger partial charge in [0.1, 0.15) is 0 Å². The first-order valence-corrected chi connectivity index (χ1v) is 7.01. The minimum atomic E-state index is -0.572. The number of hydrogen-bond acceptors (Lipinski definition) is 3. The second-order valence-corrected chi connectivity index (χ2v) is 4.94. The number of rotatable bonds is 6. The van der Waals surface area contributed by atoms with Crippen LogP contribution in [0.2, 0.25) is 0 Å². The van der Waals surface area contributed by atoms with E-state index in [0.717, 1.165) is 5.56 Å². The molecule has 0 aromatic heterocycles. The molecule has 0 heterocycles. The molecule has 1 aromatic rings. The number of para-hydroxylation sites is 1. The van der Waals surface area contributed by atoms with E-state index in [9.17, 15) is 4.79 Å². The van der Waals surface area contributed by atoms with Crippen LogP contribution in [0.4, 0.5) is 0 Å². The fraction of sp³-hybridized carbons (Fsp3) is 0.429. The zero-order chi connectivity index (χ0) is 14.4. The van der Waals surface area contributed by atoms with Crippen LogP contribution in [-0.4, -0.2) is 35.8 Å². The van der Waals surface area contributed by atoms with Crippen molar-refractivity contribution in [2.75, 3.05) is 14.2 Å². The van der Waals surface area contributed by atoms with Crippen LogP contribution in [0.1, 0.15) is 19.4 Å². The minimum absolute atomic E-state index is 0.0452. The summed E-state index contributed by atoms with van der Waals surface area (Å²) in [5.74, 6) is 0.540. The standard InChI is InChI=1S/C14H19NO3.Ru/c1-10(2)13(14(16)15(4)17-5)18-12-9-7-6-8-11(12)3;/h3,6-10,13H,1-2,4-5H3;. The average molecular weight is 350 g/mol. The van der Waals surface area contributed by atoms with Crippen LogP contribution in [0.5, 0.6) is 5.75 Å². The van der Waals surface area contributed by atoms with Gasteiger partial charge in [0.05, 0.1) is 0 Å². The maximum absolute atomic E-state index is 12.2. The maximum atomic E-state index is 12.2. The Kier molecular flexibility index (Phi) is 6.33. The molecule has 0 N–H and O–H groups in total. The van der Waals surface area contributed by atoms with E-state index >= 15 is 0 Å². The quantitative estimate of drug-likeness (QED) is 0.580. The average Bonchev–Trinajstić information content (AvgIpc) is 2.43. The summed E-state index contributed by atoms with van der Waals surface area (Å²) in [7, 11) is 3.04. The number of nitrogens with zero attached hydrogens (tertiary/aromatic N) is 1. The molecule has 0 spiro atoms. The number of carbonyl (C=O) groups is 1. The van der Waals surface area contributed by atoms with Crippen LogP contribution >= 0.6 is 0 Å². The van der Waals surface area contributed by atoms with Crippen molar-refractivity contribution in [2.45, 2.75) is 20.0 Å². The summed E-state index contributed by atoms with van der Waals surface area (Å²) in [6.45, 7) is 3.89. The Morgan fingerprint density at radius 3 is 2.53 bits per heavy atom. The number of hydroxylamine groups is 2. The number of ether oxygens (including phenoxy) is 1. The topological polar surface area (TPSA) is 38.8 Å². The van der Waals surface area contributed by atoms with Crippen LogP contribution in [0.3, 0.4) is 0 Å². The van der Waals surface area contributed by atoms with Gasteiger partial charge in [0.15, 0.2) is 0 Å². The molecule has 4 nitrogen and oxygen atoms in total. The van der Waals surface area contributed by atoms with Gasteiger partial charge >= 0.3 is 123 Å². The van der Waals surface area contributed by atoms with Crippen LogP contribution in [-0.2, 0) is 27.5 Å². The number of likely N-dealkylation sites (N-methyl/N-ethyl adjacent to an activating group) is 1. The third-order valence-corrected chi connectivity index (χ3v) is 3.26. The zero-order valence-electron chi connectivity index (χ0n) is 11.6. The Bertz CT molecular complexity index is 448. The Morgan fingerprint density at radius 2 is 2.00 bits per heavy atom. The van der Waals surface area contributed by atoms with Crippen molar-refractivity contribution in [1.29, 1.82) is 0 Å². The Morgan fingerprint density at radius 1 is 1.37 bits per heavy atom. The number of amides is 1. The first kappa shape index (κ1) is 16.0. The van der Waals surface area contributed by atoms with Gasteiger partial charge in [-0.3, -0.25) is 0 Å². The molecule has 1 rings (SSSR count). The Balaban J connectivity index is 2.96. The SMILES string of the molecule is CON(C)C(=O)C(Oc1ccccc1[CH]=[Ru])C(C)C. The van der Waals surface area contributed by atoms with E-state index in [2.05, 4.69) is 17.9 Å². The van der Waals surface area contributed by atoms with Gasteiger partial charge in [0, 0.05) is 0 Å². The van der Waals surface area contributed by atoms with Gasteiger partial charge in [-0.05, 0) is 0 Å². The van der Waals surface area contributed by atoms with E-state index in [-0.39, 0.29) is 11.8 Å². The van der Waals surface area contributed by atoms with Gasteiger partial charge in [-0.2, -0.15) is 0 Å². The van der Waals surface area contributed by atoms with Crippen molar-refractivity contribution in [1.82, 2.24) is 5.06 Å². The van der Waals surface area contributed by atoms with Crippen molar-refractivity contribution in [3.63, 3.8) is 0 Å². The molecule has 1 atom stereocenters. The normalized spacial score (nSPS) is 12.1. The van der Waals surface area contributed by atoms with E-state index < -0.39 is 6.10 Å². The van der Waals surface area contributed by atoms with Crippen molar-refractivity contribution in [2.24, 2.45) is 5.92 Å². The molecule has 0 aliphatic heterocycles. The van der Waals surface area contributed by atoms with Crippen LogP contribution in [0.25, 0.3) is 0 Å². The predicted molar refractivity (Wildman–Crippen MR) is 70.6 cm³/mol. The monoisotopic (exact) mass is 351 g/mol. The third kappa shape index (κ3) is 4.22. The Labute approximate surface area is 123 Å². The molecule has 1 amide bonds. The van der Waals surface area contributed by atoms with Crippen LogP contribution < -0.4 is 4.74 Å². The Hall–Kier alpha value is -1.06. The first-order valence-electron chi connectivity index (χ1n) is 6.00. The summed E-state index contributed by atoms with van der Waals surface area (Å²) < 4.78 is 7.75. The van der Waals surface area contributed by atoms with Crippen molar-refractivity contribution in [3.8, 4) is 5.75 Å². The predicted octanol–water partition coefficient (Wildman–Crippen LogP) is 1.81. The van der Waals surface area contributed by atoms with Gasteiger partial charge in [-0.1, -0.05) is 0 Å². The molecule has 0 fully saturated rings. The van der Waals surface area contributed by atoms with Crippen molar-refractivity contribution < 1.29 is 32.2 Å². The number of hydrogen-bond donors (Lipinski definition) is 0. The zero-order valence-corrected chi connectivity index (χ0v) is 13.3.